The molecule has 4 aromatic rings. The Hall–Kier alpha value is -4.53. The predicted octanol–water partition coefficient (Wildman–Crippen LogP) is 4.82. The van der Waals surface area contributed by atoms with Gasteiger partial charge in [0, 0.05) is 31.0 Å². The van der Waals surface area contributed by atoms with Gasteiger partial charge in [0.1, 0.15) is 23.5 Å². The second-order valence-corrected chi connectivity index (χ2v) is 10.1. The summed E-state index contributed by atoms with van der Waals surface area (Å²) < 4.78 is 7.92. The third kappa shape index (κ3) is 4.19. The molecule has 0 atom stereocenters. The zero-order valence-corrected chi connectivity index (χ0v) is 21.2. The highest BCUT2D eigenvalue weighted by Gasteiger charge is 2.45. The summed E-state index contributed by atoms with van der Waals surface area (Å²) in [6.45, 7) is 3.55. The van der Waals surface area contributed by atoms with Crippen molar-refractivity contribution in [2.75, 3.05) is 5.73 Å². The smallest absolute Gasteiger partial charge is 0.321 e. The van der Waals surface area contributed by atoms with Crippen molar-refractivity contribution in [2.24, 2.45) is 12.5 Å². The molecule has 1 amide bonds. The Morgan fingerprint density at radius 1 is 1.18 bits per heavy atom. The number of ether oxygens (including phenoxy) is 1. The van der Waals surface area contributed by atoms with Crippen molar-refractivity contribution in [1.29, 1.82) is 0 Å². The minimum atomic E-state index is -0.0940. The number of aromatic nitrogens is 5. The third-order valence-corrected chi connectivity index (χ3v) is 7.79. The molecule has 3 aromatic heterocycles. The molecular weight excluding hydrogens is 478 g/mol. The quantitative estimate of drug-likeness (QED) is 0.359. The van der Waals surface area contributed by atoms with Crippen LogP contribution in [0.1, 0.15) is 37.8 Å². The number of nitrogen functional groups attached to an aromatic ring is 1. The van der Waals surface area contributed by atoms with Crippen molar-refractivity contribution in [3.63, 3.8) is 0 Å². The number of hydrogen-bond acceptors (Lipinski definition) is 7. The molecule has 38 heavy (non-hydrogen) atoms. The number of nitrogens with zero attached hydrogens (tertiary/aromatic N) is 5. The van der Waals surface area contributed by atoms with E-state index in [4.69, 9.17) is 10.5 Å². The molecule has 6 rings (SSSR count). The van der Waals surface area contributed by atoms with E-state index in [0.717, 1.165) is 60.0 Å². The van der Waals surface area contributed by atoms with Gasteiger partial charge >= 0.3 is 6.01 Å². The normalized spacial score (nSPS) is 20.6. The number of aryl methyl sites for hydroxylation is 1. The van der Waals surface area contributed by atoms with Gasteiger partial charge in [-0.15, -0.1) is 0 Å². The molecule has 3 N–H and O–H groups in total. The van der Waals surface area contributed by atoms with Crippen molar-refractivity contribution < 1.29 is 9.53 Å². The van der Waals surface area contributed by atoms with Crippen LogP contribution in [0.2, 0.25) is 0 Å². The predicted molar refractivity (Wildman–Crippen MR) is 146 cm³/mol. The minimum absolute atomic E-state index is 0.0940. The first-order chi connectivity index (χ1) is 18.5. The Labute approximate surface area is 220 Å². The highest BCUT2D eigenvalue weighted by molar-refractivity contribution is 6.06. The maximum absolute atomic E-state index is 11.7. The standard InChI is InChI=1S/C29H29N7O2/c1-3-22(37)35-20-15-29(16-20)11-9-19(10-12-29)25-23(24-26(30)33-17-34-27(24)36(25)2)18-5-7-21(8-6-18)38-28-31-13-4-14-32-28/h3-9,13-14,17,20H,1,10-12,15-16H2,2H3,(H,35,37)(H2,30,33,34). The van der Waals surface area contributed by atoms with Crippen LogP contribution in [0.3, 0.4) is 0 Å². The molecule has 9 nitrogen and oxygen atoms in total. The molecule has 1 spiro atoms. The lowest BCUT2D eigenvalue weighted by Crippen LogP contribution is -2.50. The van der Waals surface area contributed by atoms with Gasteiger partial charge < -0.3 is 20.4 Å². The van der Waals surface area contributed by atoms with Gasteiger partial charge in [-0.3, -0.25) is 4.79 Å². The van der Waals surface area contributed by atoms with Crippen LogP contribution in [0.4, 0.5) is 5.82 Å². The van der Waals surface area contributed by atoms with E-state index in [1.54, 1.807) is 18.5 Å². The van der Waals surface area contributed by atoms with Crippen LogP contribution in [0, 0.1) is 5.41 Å². The van der Waals surface area contributed by atoms with Gasteiger partial charge in [-0.05, 0) is 72.9 Å². The molecule has 0 unspecified atom stereocenters. The Kier molecular flexibility index (Phi) is 5.90. The number of carbonyl (C=O) groups is 1. The Morgan fingerprint density at radius 3 is 2.63 bits per heavy atom. The molecule has 1 saturated carbocycles. The van der Waals surface area contributed by atoms with Gasteiger partial charge in [0.15, 0.2) is 0 Å². The maximum Gasteiger partial charge on any atom is 0.321 e. The van der Waals surface area contributed by atoms with E-state index < -0.39 is 0 Å². The average molecular weight is 508 g/mol. The number of nitrogens with one attached hydrogen (secondary N) is 1. The number of amides is 1. The van der Waals surface area contributed by atoms with Crippen LogP contribution in [-0.2, 0) is 11.8 Å². The van der Waals surface area contributed by atoms with E-state index in [0.29, 0.717) is 17.6 Å². The van der Waals surface area contributed by atoms with E-state index in [-0.39, 0.29) is 17.4 Å². The van der Waals surface area contributed by atoms with Crippen molar-refractivity contribution in [2.45, 2.75) is 38.1 Å². The third-order valence-electron chi connectivity index (χ3n) is 7.79. The molecule has 2 aliphatic carbocycles. The number of rotatable bonds is 6. The van der Waals surface area contributed by atoms with Gasteiger partial charge in [-0.25, -0.2) is 19.9 Å². The summed E-state index contributed by atoms with van der Waals surface area (Å²) in [6, 6.07) is 10.1. The molecule has 3 heterocycles. The van der Waals surface area contributed by atoms with E-state index in [1.807, 2.05) is 31.3 Å². The van der Waals surface area contributed by atoms with Crippen LogP contribution in [-0.4, -0.2) is 36.5 Å². The van der Waals surface area contributed by atoms with Gasteiger partial charge in [0.2, 0.25) is 5.91 Å². The Bertz CT molecular complexity index is 1550. The van der Waals surface area contributed by atoms with Gasteiger partial charge in [-0.1, -0.05) is 24.8 Å². The zero-order chi connectivity index (χ0) is 26.3. The lowest BCUT2D eigenvalue weighted by molar-refractivity contribution is -0.118. The topological polar surface area (TPSA) is 121 Å². The van der Waals surface area contributed by atoms with Crippen LogP contribution in [0.15, 0.2) is 67.8 Å². The molecular formula is C29H29N7O2. The summed E-state index contributed by atoms with van der Waals surface area (Å²) in [5.74, 6) is 1.01. The zero-order valence-electron chi connectivity index (χ0n) is 21.2. The van der Waals surface area contributed by atoms with Crippen LogP contribution < -0.4 is 15.8 Å². The molecule has 192 valence electrons. The summed E-state index contributed by atoms with van der Waals surface area (Å²) in [7, 11) is 2.03. The molecule has 2 aliphatic rings. The number of nitrogens with two attached hydrogens (primary N) is 1. The number of anilines is 1. The summed E-state index contributed by atoms with van der Waals surface area (Å²) in [6.07, 6.45) is 13.5. The average Bonchev–Trinajstić information content (AvgIpc) is 3.22. The van der Waals surface area contributed by atoms with Crippen LogP contribution >= 0.6 is 0 Å². The van der Waals surface area contributed by atoms with E-state index in [2.05, 4.69) is 42.5 Å². The maximum atomic E-state index is 11.7. The minimum Gasteiger partial charge on any atom is -0.424 e. The number of carbonyl (C=O) groups excluding carboxylic acids is 1. The van der Waals surface area contributed by atoms with Gasteiger partial charge in [-0.2, -0.15) is 0 Å². The van der Waals surface area contributed by atoms with Crippen molar-refractivity contribution in [1.82, 2.24) is 29.8 Å². The van der Waals surface area contributed by atoms with Crippen molar-refractivity contribution in [3.05, 3.63) is 73.5 Å². The first-order valence-electron chi connectivity index (χ1n) is 12.7. The molecule has 1 fully saturated rings. The van der Waals surface area contributed by atoms with Crippen molar-refractivity contribution in [3.8, 4) is 22.9 Å². The highest BCUT2D eigenvalue weighted by atomic mass is 16.5. The Morgan fingerprint density at radius 2 is 1.95 bits per heavy atom. The SMILES string of the molecule is C=CC(=O)NC1CC2(CC=C(c3c(-c4ccc(Oc5ncccn5)cc4)c4c(N)ncnc4n3C)CC2)C1. The van der Waals surface area contributed by atoms with Gasteiger partial charge in [0.25, 0.3) is 0 Å². The van der Waals surface area contributed by atoms with E-state index in [9.17, 15) is 4.79 Å². The summed E-state index contributed by atoms with van der Waals surface area (Å²) in [5, 5.41) is 3.88. The summed E-state index contributed by atoms with van der Waals surface area (Å²) in [4.78, 5) is 28.8. The van der Waals surface area contributed by atoms with E-state index >= 15 is 0 Å². The molecule has 0 saturated heterocycles. The second-order valence-electron chi connectivity index (χ2n) is 10.1. The van der Waals surface area contributed by atoms with Gasteiger partial charge in [0.05, 0.1) is 11.1 Å². The monoisotopic (exact) mass is 507 g/mol. The Balaban J connectivity index is 1.33. The fraction of sp³-hybridized carbons (Fsp3) is 0.276. The number of allylic oxidation sites excluding steroid dienone is 2. The number of hydrogen-bond donors (Lipinski definition) is 2. The van der Waals surface area contributed by atoms with Crippen LogP contribution in [0.5, 0.6) is 11.8 Å². The molecule has 9 heteroatoms. The fourth-order valence-electron chi connectivity index (χ4n) is 5.94. The first kappa shape index (κ1) is 23.8. The largest absolute Gasteiger partial charge is 0.424 e. The van der Waals surface area contributed by atoms with E-state index in [1.165, 1.54) is 18.0 Å². The van der Waals surface area contributed by atoms with Crippen molar-refractivity contribution >= 4 is 28.3 Å². The lowest BCUT2D eigenvalue weighted by atomic mass is 9.59. The molecule has 0 aliphatic heterocycles. The summed E-state index contributed by atoms with van der Waals surface area (Å²) in [5.41, 5.74) is 11.9. The molecule has 0 bridgehead atoms. The number of benzene rings is 1. The second kappa shape index (κ2) is 9.41. The van der Waals surface area contributed by atoms with Crippen LogP contribution in [0.25, 0.3) is 27.7 Å². The molecule has 0 radical (unpaired) electrons. The number of fused-ring (bicyclic) bond motifs is 1. The lowest BCUT2D eigenvalue weighted by Gasteiger charge is -2.49. The highest BCUT2D eigenvalue weighted by Crippen LogP contribution is 2.53. The fourth-order valence-corrected chi connectivity index (χ4v) is 5.94. The molecule has 1 aromatic carbocycles. The first-order valence-corrected chi connectivity index (χ1v) is 12.7. The summed E-state index contributed by atoms with van der Waals surface area (Å²) >= 11 is 0.